The Morgan fingerprint density at radius 2 is 2.20 bits per heavy atom. The molecule has 0 aromatic carbocycles. The van der Waals surface area contributed by atoms with Crippen LogP contribution in [0, 0.1) is 0 Å². The predicted molar refractivity (Wildman–Crippen MR) is 71.8 cm³/mol. The van der Waals surface area contributed by atoms with E-state index in [1.807, 2.05) is 11.9 Å². The Kier molecular flexibility index (Phi) is 3.76. The number of hydrogen-bond donors (Lipinski definition) is 3. The van der Waals surface area contributed by atoms with Crippen molar-refractivity contribution in [2.75, 3.05) is 6.61 Å². The summed E-state index contributed by atoms with van der Waals surface area (Å²) in [7, 11) is 0. The molecular weight excluding hydrogens is 329 g/mol. The molecule has 3 heterocycles. The van der Waals surface area contributed by atoms with Crippen LogP contribution in [0.3, 0.4) is 0 Å². The molecule has 0 radical (unpaired) electrons. The summed E-state index contributed by atoms with van der Waals surface area (Å²) in [4.78, 5) is 8.69. The minimum atomic E-state index is -1.11. The molecule has 1 aliphatic rings. The van der Waals surface area contributed by atoms with Crippen LogP contribution < -0.4 is 4.72 Å². The molecule has 108 valence electrons. The number of aliphatic hydroxyl groups is 3. The number of aromatic nitrogens is 3. The van der Waals surface area contributed by atoms with Gasteiger partial charge in [0, 0.05) is 0 Å². The van der Waals surface area contributed by atoms with E-state index in [0.717, 1.165) is 10.1 Å². The van der Waals surface area contributed by atoms with Crippen molar-refractivity contribution in [3.05, 3.63) is 18.5 Å². The summed E-state index contributed by atoms with van der Waals surface area (Å²) in [6.45, 7) is -0.341. The van der Waals surface area contributed by atoms with Gasteiger partial charge in [-0.3, -0.25) is 0 Å². The van der Waals surface area contributed by atoms with Crippen LogP contribution in [0.15, 0.2) is 18.5 Å². The number of hydrogen-bond acceptors (Lipinski definition) is 6. The van der Waals surface area contributed by atoms with Crippen molar-refractivity contribution in [2.24, 2.45) is 0 Å². The molecule has 2 aromatic heterocycles. The molecule has 0 amide bonds. The molecule has 1 aliphatic heterocycles. The van der Waals surface area contributed by atoms with E-state index in [2.05, 4.69) is 9.97 Å². The standard InChI is InChI=1S/C12H15N3O4Se/c1-20-12-13-4-6-2-3-15(10(6)14-12)11-9(18)8(17)7(5-16)19-11/h2-4,7-9,11,16-18H,5H2,1H3/t7-,8-,9-,11-/m1/s1. The summed E-state index contributed by atoms with van der Waals surface area (Å²) < 4.78 is 7.96. The maximum atomic E-state index is 10.1. The first-order valence-electron chi connectivity index (χ1n) is 6.15. The molecule has 20 heavy (non-hydrogen) atoms. The first kappa shape index (κ1) is 13.9. The topological polar surface area (TPSA) is 101 Å². The van der Waals surface area contributed by atoms with Crippen LogP contribution in [0.25, 0.3) is 11.0 Å². The van der Waals surface area contributed by atoms with E-state index < -0.39 is 24.5 Å². The summed E-state index contributed by atoms with van der Waals surface area (Å²) in [6.07, 6.45) is -0.282. The second-order valence-electron chi connectivity index (χ2n) is 4.59. The molecule has 0 unspecified atom stereocenters. The number of ether oxygens (including phenoxy) is 1. The van der Waals surface area contributed by atoms with Crippen LogP contribution in [-0.2, 0) is 4.74 Å². The van der Waals surface area contributed by atoms with Gasteiger partial charge in [0.05, 0.1) is 0 Å². The number of aliphatic hydroxyl groups excluding tert-OH is 3. The van der Waals surface area contributed by atoms with Crippen molar-refractivity contribution in [3.8, 4) is 0 Å². The van der Waals surface area contributed by atoms with Gasteiger partial charge in [-0.25, -0.2) is 0 Å². The molecule has 4 atom stereocenters. The maximum absolute atomic E-state index is 10.1. The van der Waals surface area contributed by atoms with Gasteiger partial charge in [0.2, 0.25) is 0 Å². The van der Waals surface area contributed by atoms with Crippen LogP contribution in [0.4, 0.5) is 0 Å². The number of nitrogens with zero attached hydrogens (tertiary/aromatic N) is 3. The van der Waals surface area contributed by atoms with E-state index in [4.69, 9.17) is 9.84 Å². The summed E-state index contributed by atoms with van der Waals surface area (Å²) in [6, 6.07) is 1.83. The van der Waals surface area contributed by atoms with Crippen LogP contribution in [0.1, 0.15) is 6.23 Å². The summed E-state index contributed by atoms with van der Waals surface area (Å²) >= 11 is 0.172. The molecule has 2 aromatic rings. The summed E-state index contributed by atoms with van der Waals surface area (Å²) in [5, 5.41) is 29.9. The van der Waals surface area contributed by atoms with Gasteiger partial charge >= 0.3 is 121 Å². The third kappa shape index (κ3) is 2.14. The van der Waals surface area contributed by atoms with E-state index in [9.17, 15) is 10.2 Å². The third-order valence-corrected chi connectivity index (χ3v) is 4.59. The number of fused-ring (bicyclic) bond motifs is 1. The van der Waals surface area contributed by atoms with Gasteiger partial charge in [-0.2, -0.15) is 0 Å². The average molecular weight is 344 g/mol. The zero-order valence-corrected chi connectivity index (χ0v) is 12.5. The van der Waals surface area contributed by atoms with Crippen LogP contribution >= 0.6 is 0 Å². The van der Waals surface area contributed by atoms with Crippen molar-refractivity contribution >= 4 is 30.7 Å². The normalized spacial score (nSPS) is 30.2. The molecule has 8 heteroatoms. The number of rotatable bonds is 3. The van der Waals surface area contributed by atoms with Crippen molar-refractivity contribution in [3.63, 3.8) is 0 Å². The molecule has 0 bridgehead atoms. The summed E-state index contributed by atoms with van der Waals surface area (Å²) in [5.41, 5.74) is 0.661. The molecule has 3 rings (SSSR count). The van der Waals surface area contributed by atoms with Crippen molar-refractivity contribution in [2.45, 2.75) is 30.4 Å². The van der Waals surface area contributed by atoms with E-state index in [-0.39, 0.29) is 21.6 Å². The van der Waals surface area contributed by atoms with Gasteiger partial charge in [-0.15, -0.1) is 0 Å². The molecule has 7 nitrogen and oxygen atoms in total. The van der Waals surface area contributed by atoms with Gasteiger partial charge in [-0.1, -0.05) is 0 Å². The van der Waals surface area contributed by atoms with E-state index >= 15 is 0 Å². The Bertz CT molecular complexity index is 620. The zero-order chi connectivity index (χ0) is 14.3. The fraction of sp³-hybridized carbons (Fsp3) is 0.500. The van der Waals surface area contributed by atoms with Gasteiger partial charge < -0.3 is 0 Å². The molecule has 1 saturated heterocycles. The fourth-order valence-corrected chi connectivity index (χ4v) is 3.04. The Labute approximate surface area is 121 Å². The molecule has 1 fully saturated rings. The van der Waals surface area contributed by atoms with Gasteiger partial charge in [0.1, 0.15) is 0 Å². The van der Waals surface area contributed by atoms with E-state index in [1.165, 1.54) is 0 Å². The van der Waals surface area contributed by atoms with E-state index in [1.54, 1.807) is 17.0 Å². The van der Waals surface area contributed by atoms with Crippen LogP contribution in [-0.4, -0.2) is 69.7 Å². The van der Waals surface area contributed by atoms with Crippen molar-refractivity contribution in [1.82, 2.24) is 14.5 Å². The monoisotopic (exact) mass is 345 g/mol. The third-order valence-electron chi connectivity index (χ3n) is 3.41. The predicted octanol–water partition coefficient (Wildman–Crippen LogP) is -1.58. The molecule has 3 N–H and O–H groups in total. The first-order chi connectivity index (χ1) is 9.65. The van der Waals surface area contributed by atoms with Crippen LogP contribution in [0.2, 0.25) is 5.82 Å². The SMILES string of the molecule is C[Se]c1ncc2ccn([C@@H]3O[C@H](CO)[C@@H](O)[C@H]3O)c2n1. The Morgan fingerprint density at radius 1 is 1.40 bits per heavy atom. The fourth-order valence-electron chi connectivity index (χ4n) is 2.34. The van der Waals surface area contributed by atoms with Crippen molar-refractivity contribution in [1.29, 1.82) is 0 Å². The average Bonchev–Trinajstić information content (AvgIpc) is 3.01. The Balaban J connectivity index is 2.02. The molecule has 0 spiro atoms. The summed E-state index contributed by atoms with van der Waals surface area (Å²) in [5.74, 6) is 2.02. The van der Waals surface area contributed by atoms with Crippen molar-refractivity contribution < 1.29 is 20.1 Å². The molecule has 0 aliphatic carbocycles. The van der Waals surface area contributed by atoms with Gasteiger partial charge in [-0.05, 0) is 0 Å². The Hall–Kier alpha value is -1.02. The Morgan fingerprint density at radius 3 is 2.85 bits per heavy atom. The first-order valence-corrected chi connectivity index (χ1v) is 8.72. The van der Waals surface area contributed by atoms with Gasteiger partial charge in [0.15, 0.2) is 0 Å². The minimum absolute atomic E-state index is 0.172. The second kappa shape index (κ2) is 5.40. The van der Waals surface area contributed by atoms with Gasteiger partial charge in [0.25, 0.3) is 0 Å². The van der Waals surface area contributed by atoms with Crippen LogP contribution in [0.5, 0.6) is 0 Å². The zero-order valence-electron chi connectivity index (χ0n) is 10.7. The second-order valence-corrected chi connectivity index (χ2v) is 6.21. The van der Waals surface area contributed by atoms with E-state index in [0.29, 0.717) is 5.65 Å². The molecule has 0 saturated carbocycles. The quantitative estimate of drug-likeness (QED) is 0.581. The molecular formula is C12H15N3O4Se.